The van der Waals surface area contributed by atoms with Crippen LogP contribution in [0, 0.1) is 5.82 Å². The molecule has 72 valence electrons. The summed E-state index contributed by atoms with van der Waals surface area (Å²) in [5, 5.41) is 1.73. The summed E-state index contributed by atoms with van der Waals surface area (Å²) in [6, 6.07) is 9.54. The van der Waals surface area contributed by atoms with Crippen LogP contribution in [0.15, 0.2) is 42.7 Å². The molecule has 15 heavy (non-hydrogen) atoms. The molecule has 0 radical (unpaired) electrons. The highest BCUT2D eigenvalue weighted by atomic mass is 19.1. The van der Waals surface area contributed by atoms with Gasteiger partial charge in [-0.05, 0) is 12.1 Å². The third kappa shape index (κ3) is 1.24. The van der Waals surface area contributed by atoms with Crippen molar-refractivity contribution in [2.75, 3.05) is 0 Å². The molecule has 0 bridgehead atoms. The topological polar surface area (TPSA) is 25.8 Å². The van der Waals surface area contributed by atoms with Gasteiger partial charge in [0, 0.05) is 17.0 Å². The van der Waals surface area contributed by atoms with Gasteiger partial charge >= 0.3 is 0 Å². The van der Waals surface area contributed by atoms with Gasteiger partial charge < -0.3 is 0 Å². The van der Waals surface area contributed by atoms with E-state index in [1.807, 2.05) is 30.3 Å². The Labute approximate surface area is 85.4 Å². The fraction of sp³-hybridized carbons (Fsp3) is 0. The number of rotatable bonds is 0. The summed E-state index contributed by atoms with van der Waals surface area (Å²) in [4.78, 5) is 8.07. The first kappa shape index (κ1) is 8.29. The van der Waals surface area contributed by atoms with E-state index in [1.54, 1.807) is 6.20 Å². The molecule has 1 aromatic carbocycles. The summed E-state index contributed by atoms with van der Waals surface area (Å²) in [6.45, 7) is 0. The summed E-state index contributed by atoms with van der Waals surface area (Å²) >= 11 is 0. The molecule has 3 aromatic rings. The van der Waals surface area contributed by atoms with E-state index >= 15 is 0 Å². The Hall–Kier alpha value is -2.03. The average Bonchev–Trinajstić information content (AvgIpc) is 2.27. The Bertz CT molecular complexity index is 649. The van der Waals surface area contributed by atoms with Crippen molar-refractivity contribution in [3.63, 3.8) is 0 Å². The lowest BCUT2D eigenvalue weighted by Gasteiger charge is -2.01. The number of halogens is 1. The molecule has 2 aromatic heterocycles. The van der Waals surface area contributed by atoms with Crippen LogP contribution in [-0.2, 0) is 0 Å². The van der Waals surface area contributed by atoms with Crippen LogP contribution >= 0.6 is 0 Å². The molecule has 3 rings (SSSR count). The predicted octanol–water partition coefficient (Wildman–Crippen LogP) is 2.92. The van der Waals surface area contributed by atoms with Crippen LogP contribution in [0.1, 0.15) is 0 Å². The largest absolute Gasteiger partial charge is 0.261 e. The molecule has 0 amide bonds. The highest BCUT2D eigenvalue weighted by Crippen LogP contribution is 2.20. The van der Waals surface area contributed by atoms with Gasteiger partial charge in [-0.2, -0.15) is 0 Å². The van der Waals surface area contributed by atoms with Gasteiger partial charge in [0.25, 0.3) is 0 Å². The maximum absolute atomic E-state index is 13.4. The maximum Gasteiger partial charge on any atom is 0.167 e. The van der Waals surface area contributed by atoms with Crippen molar-refractivity contribution < 1.29 is 4.39 Å². The minimum atomic E-state index is -0.377. The molecular formula is C12H7FN2. The van der Waals surface area contributed by atoms with E-state index in [0.29, 0.717) is 5.52 Å². The second-order valence-corrected chi connectivity index (χ2v) is 3.37. The van der Waals surface area contributed by atoms with Gasteiger partial charge in [0.2, 0.25) is 0 Å². The van der Waals surface area contributed by atoms with Crippen LogP contribution in [0.5, 0.6) is 0 Å². The third-order valence-corrected chi connectivity index (χ3v) is 2.38. The molecule has 0 aliphatic carbocycles. The quantitative estimate of drug-likeness (QED) is 0.519. The van der Waals surface area contributed by atoms with Gasteiger partial charge in [-0.1, -0.05) is 18.2 Å². The summed E-state index contributed by atoms with van der Waals surface area (Å²) in [6.07, 6.45) is 2.81. The first-order chi connectivity index (χ1) is 7.34. The van der Waals surface area contributed by atoms with Crippen molar-refractivity contribution in [1.82, 2.24) is 9.97 Å². The zero-order valence-corrected chi connectivity index (χ0v) is 7.81. The molecule has 0 aliphatic heterocycles. The van der Waals surface area contributed by atoms with E-state index in [2.05, 4.69) is 9.97 Å². The van der Waals surface area contributed by atoms with Crippen molar-refractivity contribution in [2.45, 2.75) is 0 Å². The first-order valence-corrected chi connectivity index (χ1v) is 4.63. The summed E-state index contributed by atoms with van der Waals surface area (Å²) in [5.41, 5.74) is 1.18. The summed E-state index contributed by atoms with van der Waals surface area (Å²) < 4.78 is 13.4. The Morgan fingerprint density at radius 2 is 1.87 bits per heavy atom. The number of hydrogen-bond donors (Lipinski definition) is 0. The number of pyridine rings is 2. The highest BCUT2D eigenvalue weighted by molar-refractivity contribution is 5.92. The molecule has 2 heterocycles. The normalized spacial score (nSPS) is 11.0. The fourth-order valence-corrected chi connectivity index (χ4v) is 1.67. The van der Waals surface area contributed by atoms with Crippen LogP contribution in [0.3, 0.4) is 0 Å². The minimum absolute atomic E-state index is 0.377. The molecule has 2 nitrogen and oxygen atoms in total. The Balaban J connectivity index is 2.53. The van der Waals surface area contributed by atoms with Crippen molar-refractivity contribution in [1.29, 1.82) is 0 Å². The van der Waals surface area contributed by atoms with Gasteiger partial charge in [0.15, 0.2) is 5.82 Å². The maximum atomic E-state index is 13.4. The van der Waals surface area contributed by atoms with Gasteiger partial charge in [0.05, 0.1) is 11.7 Å². The number of hydrogen-bond acceptors (Lipinski definition) is 2. The molecule has 0 N–H and O–H groups in total. The number of para-hydroxylation sites is 1. The van der Waals surface area contributed by atoms with Crippen molar-refractivity contribution in [3.8, 4) is 0 Å². The smallest absolute Gasteiger partial charge is 0.167 e. The highest BCUT2D eigenvalue weighted by Gasteiger charge is 2.03. The lowest BCUT2D eigenvalue weighted by Crippen LogP contribution is -1.87. The predicted molar refractivity (Wildman–Crippen MR) is 57.0 cm³/mol. The van der Waals surface area contributed by atoms with E-state index < -0.39 is 0 Å². The van der Waals surface area contributed by atoms with E-state index in [9.17, 15) is 4.39 Å². The van der Waals surface area contributed by atoms with Gasteiger partial charge in [0.1, 0.15) is 5.52 Å². The fourth-order valence-electron chi connectivity index (χ4n) is 1.67. The second kappa shape index (κ2) is 2.98. The van der Waals surface area contributed by atoms with E-state index in [0.717, 1.165) is 16.3 Å². The van der Waals surface area contributed by atoms with Crippen LogP contribution < -0.4 is 0 Å². The number of nitrogens with zero attached hydrogens (tertiary/aromatic N) is 2. The van der Waals surface area contributed by atoms with E-state index in [1.165, 1.54) is 6.20 Å². The SMILES string of the molecule is Fc1cncc2cc3ccccc3nc12. The lowest BCUT2D eigenvalue weighted by molar-refractivity contribution is 0.631. The van der Waals surface area contributed by atoms with Crippen molar-refractivity contribution >= 4 is 21.8 Å². The standard InChI is InChI=1S/C12H7FN2/c13-10-7-14-6-9-5-8-3-1-2-4-11(8)15-12(9)10/h1-7H. The van der Waals surface area contributed by atoms with Gasteiger partial charge in [-0.25, -0.2) is 9.37 Å². The van der Waals surface area contributed by atoms with Gasteiger partial charge in [-0.15, -0.1) is 0 Å². The van der Waals surface area contributed by atoms with Gasteiger partial charge in [-0.3, -0.25) is 4.98 Å². The average molecular weight is 198 g/mol. The van der Waals surface area contributed by atoms with Crippen molar-refractivity contribution in [2.24, 2.45) is 0 Å². The Morgan fingerprint density at radius 1 is 1.00 bits per heavy atom. The van der Waals surface area contributed by atoms with Crippen LogP contribution in [0.25, 0.3) is 21.8 Å². The van der Waals surface area contributed by atoms with Crippen LogP contribution in [-0.4, -0.2) is 9.97 Å². The zero-order chi connectivity index (χ0) is 10.3. The second-order valence-electron chi connectivity index (χ2n) is 3.37. The molecule has 3 heteroatoms. The first-order valence-electron chi connectivity index (χ1n) is 4.63. The monoisotopic (exact) mass is 198 g/mol. The van der Waals surface area contributed by atoms with Crippen molar-refractivity contribution in [3.05, 3.63) is 48.5 Å². The molecule has 0 spiro atoms. The van der Waals surface area contributed by atoms with E-state index in [4.69, 9.17) is 0 Å². The lowest BCUT2D eigenvalue weighted by atomic mass is 10.1. The molecule has 0 saturated carbocycles. The molecule has 0 saturated heterocycles. The summed E-state index contributed by atoms with van der Waals surface area (Å²) in [7, 11) is 0. The zero-order valence-electron chi connectivity index (χ0n) is 7.81. The number of fused-ring (bicyclic) bond motifs is 2. The molecule has 0 atom stereocenters. The van der Waals surface area contributed by atoms with E-state index in [-0.39, 0.29) is 5.82 Å². The number of aromatic nitrogens is 2. The summed E-state index contributed by atoms with van der Waals surface area (Å²) in [5.74, 6) is -0.377. The molecular weight excluding hydrogens is 191 g/mol. The Kier molecular flexibility index (Phi) is 1.65. The van der Waals surface area contributed by atoms with Crippen LogP contribution in [0.2, 0.25) is 0 Å². The number of benzene rings is 1. The molecule has 0 aliphatic rings. The van der Waals surface area contributed by atoms with Crippen LogP contribution in [0.4, 0.5) is 4.39 Å². The third-order valence-electron chi connectivity index (χ3n) is 2.38. The Morgan fingerprint density at radius 3 is 2.80 bits per heavy atom. The molecule has 0 fully saturated rings. The molecule has 0 unspecified atom stereocenters. The minimum Gasteiger partial charge on any atom is -0.261 e.